The van der Waals surface area contributed by atoms with Crippen molar-refractivity contribution in [2.75, 3.05) is 4.90 Å². The summed E-state index contributed by atoms with van der Waals surface area (Å²) in [7, 11) is 0. The summed E-state index contributed by atoms with van der Waals surface area (Å²) in [5, 5.41) is 7.01. The van der Waals surface area contributed by atoms with Gasteiger partial charge in [-0.05, 0) is 104 Å². The van der Waals surface area contributed by atoms with Crippen molar-refractivity contribution in [1.82, 2.24) is 0 Å². The Balaban J connectivity index is 1.07. The summed E-state index contributed by atoms with van der Waals surface area (Å²) in [5.74, 6) is 0. The van der Waals surface area contributed by atoms with Gasteiger partial charge < -0.3 is 9.32 Å². The predicted molar refractivity (Wildman–Crippen MR) is 245 cm³/mol. The molecule has 58 heavy (non-hydrogen) atoms. The smallest absolute Gasteiger partial charge is 0.143 e. The molecule has 1 heterocycles. The molecule has 0 amide bonds. The second kappa shape index (κ2) is 14.1. The molecule has 0 aliphatic rings. The van der Waals surface area contributed by atoms with Gasteiger partial charge in [-0.3, -0.25) is 0 Å². The van der Waals surface area contributed by atoms with Crippen LogP contribution in [0.4, 0.5) is 17.1 Å². The quantitative estimate of drug-likeness (QED) is 0.162. The number of hydrogen-bond donors (Lipinski definition) is 0. The molecular weight excluding hydrogens is 703 g/mol. The molecule has 0 saturated carbocycles. The first-order chi connectivity index (χ1) is 28.8. The van der Waals surface area contributed by atoms with Gasteiger partial charge in [-0.1, -0.05) is 176 Å². The highest BCUT2D eigenvalue weighted by atomic mass is 16.3. The maximum Gasteiger partial charge on any atom is 0.143 e. The van der Waals surface area contributed by atoms with E-state index >= 15 is 0 Å². The first-order valence-electron chi connectivity index (χ1n) is 19.8. The van der Waals surface area contributed by atoms with E-state index in [-0.39, 0.29) is 0 Å². The second-order valence-electron chi connectivity index (χ2n) is 14.9. The summed E-state index contributed by atoms with van der Waals surface area (Å²) in [4.78, 5) is 2.39. The minimum absolute atomic E-state index is 0.890. The monoisotopic (exact) mass is 739 g/mol. The molecule has 0 unspecified atom stereocenters. The normalized spacial score (nSPS) is 11.4. The maximum atomic E-state index is 6.65. The van der Waals surface area contributed by atoms with Crippen LogP contribution in [0, 0.1) is 0 Å². The standard InChI is InChI=1S/C56H37NO/c1-2-14-38(15-3-1)39-28-32-45(33-29-39)57(46-34-30-40(31-35-46)42-19-12-20-43(36-42)48-25-13-18-41-16-4-6-21-47(41)48)53-26-10-8-23-50(53)52-37-44-17-5-7-22-49(44)56-55(52)51-24-9-11-27-54(51)58-56/h1-37H. The lowest BCUT2D eigenvalue weighted by Crippen LogP contribution is -2.11. The molecule has 2 nitrogen and oxygen atoms in total. The van der Waals surface area contributed by atoms with E-state index < -0.39 is 0 Å². The third-order valence-corrected chi connectivity index (χ3v) is 11.5. The van der Waals surface area contributed by atoms with Crippen molar-refractivity contribution in [1.29, 1.82) is 0 Å². The molecule has 272 valence electrons. The lowest BCUT2D eigenvalue weighted by molar-refractivity contribution is 0.673. The van der Waals surface area contributed by atoms with E-state index in [4.69, 9.17) is 4.42 Å². The molecule has 10 aromatic carbocycles. The fraction of sp³-hybridized carbons (Fsp3) is 0. The molecule has 0 aliphatic heterocycles. The molecule has 11 aromatic rings. The van der Waals surface area contributed by atoms with E-state index in [2.05, 4.69) is 223 Å². The van der Waals surface area contributed by atoms with Crippen molar-refractivity contribution in [2.24, 2.45) is 0 Å². The first-order valence-corrected chi connectivity index (χ1v) is 19.8. The number of para-hydroxylation sites is 2. The number of nitrogens with zero attached hydrogens (tertiary/aromatic N) is 1. The number of benzene rings is 10. The van der Waals surface area contributed by atoms with Crippen molar-refractivity contribution in [3.05, 3.63) is 224 Å². The molecule has 11 rings (SSSR count). The summed E-state index contributed by atoms with van der Waals surface area (Å²) >= 11 is 0. The largest absolute Gasteiger partial charge is 0.455 e. The molecule has 2 heteroatoms. The maximum absolute atomic E-state index is 6.65. The van der Waals surface area contributed by atoms with Gasteiger partial charge in [-0.25, -0.2) is 0 Å². The zero-order valence-electron chi connectivity index (χ0n) is 31.7. The molecule has 0 saturated heterocycles. The third kappa shape index (κ3) is 5.82. The molecule has 0 radical (unpaired) electrons. The van der Waals surface area contributed by atoms with Crippen LogP contribution in [0.3, 0.4) is 0 Å². The summed E-state index contributed by atoms with van der Waals surface area (Å²) in [6.07, 6.45) is 0. The number of fused-ring (bicyclic) bond motifs is 6. The first kappa shape index (κ1) is 33.6. The number of anilines is 3. The summed E-state index contributed by atoms with van der Waals surface area (Å²) in [6.45, 7) is 0. The fourth-order valence-electron chi connectivity index (χ4n) is 8.68. The minimum Gasteiger partial charge on any atom is -0.455 e. The van der Waals surface area contributed by atoms with Gasteiger partial charge in [0.05, 0.1) is 5.69 Å². The number of hydrogen-bond acceptors (Lipinski definition) is 2. The van der Waals surface area contributed by atoms with Gasteiger partial charge >= 0.3 is 0 Å². The molecule has 0 spiro atoms. The van der Waals surface area contributed by atoms with Crippen LogP contribution in [0.15, 0.2) is 229 Å². The van der Waals surface area contributed by atoms with E-state index in [0.29, 0.717) is 0 Å². The van der Waals surface area contributed by atoms with Crippen LogP contribution in [0.25, 0.3) is 88.0 Å². The third-order valence-electron chi connectivity index (χ3n) is 11.5. The summed E-state index contributed by atoms with van der Waals surface area (Å²) < 4.78 is 6.65. The van der Waals surface area contributed by atoms with E-state index in [0.717, 1.165) is 60.9 Å². The Bertz CT molecular complexity index is 3260. The van der Waals surface area contributed by atoms with Crippen molar-refractivity contribution in [2.45, 2.75) is 0 Å². The van der Waals surface area contributed by atoms with E-state index in [1.54, 1.807) is 0 Å². The fourth-order valence-corrected chi connectivity index (χ4v) is 8.68. The van der Waals surface area contributed by atoms with Crippen molar-refractivity contribution < 1.29 is 4.42 Å². The number of rotatable bonds is 7. The molecule has 0 aliphatic carbocycles. The van der Waals surface area contributed by atoms with Crippen LogP contribution in [-0.2, 0) is 0 Å². The zero-order valence-corrected chi connectivity index (χ0v) is 31.7. The topological polar surface area (TPSA) is 16.4 Å². The Morgan fingerprint density at radius 1 is 0.310 bits per heavy atom. The SMILES string of the molecule is c1ccc(-c2ccc(N(c3ccc(-c4cccc(-c5cccc6ccccc56)c4)cc3)c3ccccc3-c3cc4ccccc4c4oc5ccccc5c34)cc2)cc1. The molecule has 0 N–H and O–H groups in total. The van der Waals surface area contributed by atoms with E-state index in [9.17, 15) is 0 Å². The van der Waals surface area contributed by atoms with Crippen LogP contribution in [-0.4, -0.2) is 0 Å². The Labute approximate surface area is 337 Å². The van der Waals surface area contributed by atoms with E-state index in [1.165, 1.54) is 44.2 Å². The predicted octanol–water partition coefficient (Wildman–Crippen LogP) is 16.0. The van der Waals surface area contributed by atoms with Gasteiger partial charge in [0, 0.05) is 33.1 Å². The highest BCUT2D eigenvalue weighted by Crippen LogP contribution is 2.47. The highest BCUT2D eigenvalue weighted by Gasteiger charge is 2.22. The van der Waals surface area contributed by atoms with Crippen LogP contribution in [0.2, 0.25) is 0 Å². The highest BCUT2D eigenvalue weighted by molar-refractivity contribution is 6.22. The van der Waals surface area contributed by atoms with Crippen molar-refractivity contribution >= 4 is 60.5 Å². The Kier molecular flexibility index (Phi) is 8.19. The van der Waals surface area contributed by atoms with Gasteiger partial charge in [0.25, 0.3) is 0 Å². The lowest BCUT2D eigenvalue weighted by Gasteiger charge is -2.28. The van der Waals surface area contributed by atoms with Crippen LogP contribution < -0.4 is 4.90 Å². The molecule has 0 fully saturated rings. The van der Waals surface area contributed by atoms with Crippen molar-refractivity contribution in [3.8, 4) is 44.5 Å². The molecule has 0 bridgehead atoms. The van der Waals surface area contributed by atoms with Gasteiger partial charge in [0.15, 0.2) is 0 Å². The Morgan fingerprint density at radius 2 is 0.845 bits per heavy atom. The Hall–Kier alpha value is -7.68. The Morgan fingerprint density at radius 3 is 1.64 bits per heavy atom. The summed E-state index contributed by atoms with van der Waals surface area (Å²) in [6, 6.07) is 80.6. The van der Waals surface area contributed by atoms with Crippen LogP contribution >= 0.6 is 0 Å². The van der Waals surface area contributed by atoms with E-state index in [1.807, 2.05) is 6.07 Å². The zero-order chi connectivity index (χ0) is 38.4. The average molecular weight is 740 g/mol. The molecule has 0 atom stereocenters. The summed E-state index contributed by atoms with van der Waals surface area (Å²) in [5.41, 5.74) is 14.5. The average Bonchev–Trinajstić information content (AvgIpc) is 3.70. The van der Waals surface area contributed by atoms with Crippen LogP contribution in [0.5, 0.6) is 0 Å². The number of furan rings is 1. The molecule has 1 aromatic heterocycles. The van der Waals surface area contributed by atoms with Gasteiger partial charge in [-0.15, -0.1) is 0 Å². The second-order valence-corrected chi connectivity index (χ2v) is 14.9. The lowest BCUT2D eigenvalue weighted by atomic mass is 9.93. The molecular formula is C56H37NO. The van der Waals surface area contributed by atoms with Gasteiger partial charge in [-0.2, -0.15) is 0 Å². The van der Waals surface area contributed by atoms with Crippen molar-refractivity contribution in [3.63, 3.8) is 0 Å². The van der Waals surface area contributed by atoms with Gasteiger partial charge in [0.1, 0.15) is 11.2 Å². The minimum atomic E-state index is 0.890. The van der Waals surface area contributed by atoms with Crippen LogP contribution in [0.1, 0.15) is 0 Å². The van der Waals surface area contributed by atoms with Gasteiger partial charge in [0.2, 0.25) is 0 Å².